The molecule has 3 atom stereocenters. The first-order chi connectivity index (χ1) is 9.96. The zero-order valence-electron chi connectivity index (χ0n) is 14.4. The summed E-state index contributed by atoms with van der Waals surface area (Å²) in [4.78, 5) is 2.52. The third-order valence-corrected chi connectivity index (χ3v) is 6.48. The fourth-order valence-corrected chi connectivity index (χ4v) is 4.82. The largest absolute Gasteiger partial charge is 0.389 e. The average Bonchev–Trinajstić information content (AvgIpc) is 2.70. The molecule has 0 aromatic rings. The molecule has 0 amide bonds. The molecule has 0 spiro atoms. The van der Waals surface area contributed by atoms with Gasteiger partial charge in [0, 0.05) is 24.5 Å². The highest BCUT2D eigenvalue weighted by Crippen LogP contribution is 2.51. The van der Waals surface area contributed by atoms with Crippen LogP contribution in [0.25, 0.3) is 0 Å². The minimum Gasteiger partial charge on any atom is -0.389 e. The maximum atomic E-state index is 11.5. The molecular formula is C18H36N2O. The number of aliphatic hydroxyl groups is 1. The van der Waals surface area contributed by atoms with Crippen LogP contribution in [0.15, 0.2) is 0 Å². The van der Waals surface area contributed by atoms with Gasteiger partial charge in [-0.25, -0.2) is 0 Å². The van der Waals surface area contributed by atoms with Gasteiger partial charge in [0.1, 0.15) is 0 Å². The summed E-state index contributed by atoms with van der Waals surface area (Å²) < 4.78 is 0. The van der Waals surface area contributed by atoms with Gasteiger partial charge in [0.2, 0.25) is 0 Å². The first-order valence-corrected chi connectivity index (χ1v) is 9.13. The van der Waals surface area contributed by atoms with Crippen molar-refractivity contribution in [2.24, 2.45) is 17.1 Å². The van der Waals surface area contributed by atoms with Crippen LogP contribution in [0, 0.1) is 11.3 Å². The van der Waals surface area contributed by atoms with E-state index in [0.29, 0.717) is 12.6 Å². The monoisotopic (exact) mass is 296 g/mol. The van der Waals surface area contributed by atoms with Crippen LogP contribution < -0.4 is 5.73 Å². The minimum absolute atomic E-state index is 0.0289. The van der Waals surface area contributed by atoms with Crippen molar-refractivity contribution < 1.29 is 5.11 Å². The number of nitrogens with zero attached hydrogens (tertiary/aromatic N) is 1. The smallest absolute Gasteiger partial charge is 0.0728 e. The van der Waals surface area contributed by atoms with Crippen molar-refractivity contribution in [2.45, 2.75) is 83.8 Å². The fourth-order valence-electron chi connectivity index (χ4n) is 4.82. The Morgan fingerprint density at radius 1 is 1.19 bits per heavy atom. The van der Waals surface area contributed by atoms with Crippen LogP contribution in [-0.2, 0) is 0 Å². The zero-order chi connectivity index (χ0) is 15.5. The Morgan fingerprint density at radius 3 is 2.57 bits per heavy atom. The van der Waals surface area contributed by atoms with Crippen LogP contribution in [0.3, 0.4) is 0 Å². The Labute approximate surface area is 131 Å². The minimum atomic E-state index is -0.542. The highest BCUT2D eigenvalue weighted by Gasteiger charge is 2.51. The summed E-state index contributed by atoms with van der Waals surface area (Å²) in [6, 6.07) is 0.580. The quantitative estimate of drug-likeness (QED) is 0.838. The lowest BCUT2D eigenvalue weighted by Crippen LogP contribution is -2.55. The third kappa shape index (κ3) is 3.46. The normalized spacial score (nSPS) is 39.4. The average molecular weight is 296 g/mol. The van der Waals surface area contributed by atoms with Gasteiger partial charge in [-0.2, -0.15) is 0 Å². The molecule has 2 rings (SSSR count). The van der Waals surface area contributed by atoms with Crippen molar-refractivity contribution in [1.29, 1.82) is 0 Å². The van der Waals surface area contributed by atoms with E-state index in [4.69, 9.17) is 5.73 Å². The topological polar surface area (TPSA) is 49.5 Å². The first-order valence-electron chi connectivity index (χ1n) is 9.13. The van der Waals surface area contributed by atoms with Gasteiger partial charge >= 0.3 is 0 Å². The number of nitrogens with two attached hydrogens (primary N) is 1. The predicted molar refractivity (Wildman–Crippen MR) is 89.2 cm³/mol. The van der Waals surface area contributed by atoms with Crippen molar-refractivity contribution in [3.8, 4) is 0 Å². The molecule has 1 saturated carbocycles. The number of hydrogen-bond acceptors (Lipinski definition) is 3. The maximum Gasteiger partial charge on any atom is 0.0728 e. The van der Waals surface area contributed by atoms with Crippen molar-refractivity contribution >= 4 is 0 Å². The molecule has 124 valence electrons. The molecule has 0 radical (unpaired) electrons. The fraction of sp³-hybridized carbons (Fsp3) is 1.00. The molecule has 3 nitrogen and oxygen atoms in total. The van der Waals surface area contributed by atoms with E-state index in [0.717, 1.165) is 51.1 Å². The Hall–Kier alpha value is -0.120. The van der Waals surface area contributed by atoms with Crippen LogP contribution in [0.2, 0.25) is 0 Å². The SMILES string of the molecule is CCC1CCCC(CN)(C2(O)CCCN(C(C)C)CC2)C1. The van der Waals surface area contributed by atoms with E-state index in [1.54, 1.807) is 0 Å². The lowest BCUT2D eigenvalue weighted by molar-refractivity contribution is -0.117. The Kier molecular flexibility index (Phi) is 5.72. The molecule has 3 heteroatoms. The van der Waals surface area contributed by atoms with Crippen LogP contribution >= 0.6 is 0 Å². The molecule has 2 fully saturated rings. The van der Waals surface area contributed by atoms with E-state index >= 15 is 0 Å². The molecule has 1 saturated heterocycles. The zero-order valence-corrected chi connectivity index (χ0v) is 14.4. The van der Waals surface area contributed by atoms with Crippen LogP contribution in [0.5, 0.6) is 0 Å². The third-order valence-electron chi connectivity index (χ3n) is 6.48. The maximum absolute atomic E-state index is 11.5. The van der Waals surface area contributed by atoms with Gasteiger partial charge in [-0.3, -0.25) is 0 Å². The van der Waals surface area contributed by atoms with Gasteiger partial charge in [0.15, 0.2) is 0 Å². The molecule has 0 aromatic heterocycles. The van der Waals surface area contributed by atoms with Crippen molar-refractivity contribution in [1.82, 2.24) is 4.90 Å². The molecule has 21 heavy (non-hydrogen) atoms. The van der Waals surface area contributed by atoms with E-state index in [1.165, 1.54) is 19.3 Å². The number of likely N-dealkylation sites (tertiary alicyclic amines) is 1. The van der Waals surface area contributed by atoms with Crippen LogP contribution in [-0.4, -0.2) is 41.3 Å². The highest BCUT2D eigenvalue weighted by molar-refractivity contribution is 5.03. The first kappa shape index (κ1) is 17.2. The second-order valence-corrected chi connectivity index (χ2v) is 7.87. The summed E-state index contributed by atoms with van der Waals surface area (Å²) in [7, 11) is 0. The number of hydrogen-bond donors (Lipinski definition) is 2. The highest BCUT2D eigenvalue weighted by atomic mass is 16.3. The van der Waals surface area contributed by atoms with Gasteiger partial charge < -0.3 is 15.7 Å². The Bertz CT molecular complexity index is 333. The Balaban J connectivity index is 2.15. The summed E-state index contributed by atoms with van der Waals surface area (Å²) in [5.41, 5.74) is 5.67. The standard InChI is InChI=1S/C18H36N2O/c1-4-16-7-5-8-17(13-16,14-19)18(21)9-6-11-20(12-10-18)15(2)3/h15-16,21H,4-14,19H2,1-3H3. The van der Waals surface area contributed by atoms with E-state index in [2.05, 4.69) is 25.7 Å². The summed E-state index contributed by atoms with van der Waals surface area (Å²) in [5.74, 6) is 0.760. The summed E-state index contributed by atoms with van der Waals surface area (Å²) in [6.07, 6.45) is 9.00. The van der Waals surface area contributed by atoms with Gasteiger partial charge in [0.25, 0.3) is 0 Å². The summed E-state index contributed by atoms with van der Waals surface area (Å²) in [5, 5.41) is 11.5. The lowest BCUT2D eigenvalue weighted by Gasteiger charge is -2.51. The van der Waals surface area contributed by atoms with E-state index in [9.17, 15) is 5.11 Å². The second kappa shape index (κ2) is 6.97. The molecule has 0 aromatic carbocycles. The van der Waals surface area contributed by atoms with Crippen molar-refractivity contribution in [3.05, 3.63) is 0 Å². The molecule has 1 heterocycles. The summed E-state index contributed by atoms with van der Waals surface area (Å²) in [6.45, 7) is 9.61. The molecule has 3 unspecified atom stereocenters. The van der Waals surface area contributed by atoms with Crippen LogP contribution in [0.1, 0.15) is 72.1 Å². The second-order valence-electron chi connectivity index (χ2n) is 7.87. The molecule has 1 aliphatic carbocycles. The van der Waals surface area contributed by atoms with Gasteiger partial charge in [-0.15, -0.1) is 0 Å². The van der Waals surface area contributed by atoms with Crippen molar-refractivity contribution in [2.75, 3.05) is 19.6 Å². The van der Waals surface area contributed by atoms with Gasteiger partial charge in [-0.1, -0.05) is 26.2 Å². The summed E-state index contributed by atoms with van der Waals surface area (Å²) >= 11 is 0. The molecule has 1 aliphatic heterocycles. The van der Waals surface area contributed by atoms with Gasteiger partial charge in [0.05, 0.1) is 5.60 Å². The van der Waals surface area contributed by atoms with E-state index < -0.39 is 5.60 Å². The molecule has 0 bridgehead atoms. The number of rotatable bonds is 4. The van der Waals surface area contributed by atoms with Gasteiger partial charge in [-0.05, 0) is 58.4 Å². The van der Waals surface area contributed by atoms with Crippen LogP contribution in [0.4, 0.5) is 0 Å². The molecular weight excluding hydrogens is 260 g/mol. The predicted octanol–water partition coefficient (Wildman–Crippen LogP) is 3.16. The molecule has 2 aliphatic rings. The Morgan fingerprint density at radius 2 is 1.95 bits per heavy atom. The van der Waals surface area contributed by atoms with Crippen molar-refractivity contribution in [3.63, 3.8) is 0 Å². The van der Waals surface area contributed by atoms with E-state index in [1.807, 2.05) is 0 Å². The van der Waals surface area contributed by atoms with E-state index in [-0.39, 0.29) is 5.41 Å². The molecule has 3 N–H and O–H groups in total. The lowest BCUT2D eigenvalue weighted by atomic mass is 9.58.